The third-order valence-corrected chi connectivity index (χ3v) is 5.26. The van der Waals surface area contributed by atoms with Gasteiger partial charge in [0.25, 0.3) is 0 Å². The van der Waals surface area contributed by atoms with Crippen LogP contribution in [-0.4, -0.2) is 11.1 Å². The summed E-state index contributed by atoms with van der Waals surface area (Å²) in [4.78, 5) is 11.5. The number of carbonyl (C=O) groups is 1. The summed E-state index contributed by atoms with van der Waals surface area (Å²) >= 11 is 0. The average molecular weight is 282 g/mol. The van der Waals surface area contributed by atoms with E-state index in [-0.39, 0.29) is 5.97 Å². The van der Waals surface area contributed by atoms with Crippen molar-refractivity contribution >= 4 is 16.7 Å². The van der Waals surface area contributed by atoms with E-state index in [4.69, 9.17) is 4.74 Å². The Hall–Kier alpha value is -2.03. The fourth-order valence-electron chi connectivity index (χ4n) is 4.40. The zero-order valence-corrected chi connectivity index (χ0v) is 12.2. The summed E-state index contributed by atoms with van der Waals surface area (Å²) in [5.74, 6) is 2.06. The third-order valence-electron chi connectivity index (χ3n) is 5.26. The van der Waals surface area contributed by atoms with E-state index >= 15 is 0 Å². The van der Waals surface area contributed by atoms with E-state index in [1.807, 2.05) is 24.3 Å². The first-order valence-corrected chi connectivity index (χ1v) is 7.55. The zero-order valence-electron chi connectivity index (χ0n) is 12.2. The van der Waals surface area contributed by atoms with Crippen LogP contribution in [0.1, 0.15) is 49.7 Å². The van der Waals surface area contributed by atoms with Gasteiger partial charge in [0.1, 0.15) is 11.5 Å². The number of carbonyl (C=O) groups excluding carboxylic acids is 1. The van der Waals surface area contributed by atoms with Crippen LogP contribution < -0.4 is 4.74 Å². The average Bonchev–Trinajstić information content (AvgIpc) is 2.97. The number of hydrogen-bond donors (Lipinski definition) is 1. The highest BCUT2D eigenvalue weighted by atomic mass is 16.5. The lowest BCUT2D eigenvalue weighted by molar-refractivity contribution is -0.131. The fourth-order valence-corrected chi connectivity index (χ4v) is 4.40. The van der Waals surface area contributed by atoms with Crippen molar-refractivity contribution < 1.29 is 14.6 Å². The van der Waals surface area contributed by atoms with Gasteiger partial charge in [0, 0.05) is 28.8 Å². The standard InChI is InChI=1S/C18H18O3/c1-9-11-7-8-12(9)16-15(11)17(20)13-5-3-4-6-14(13)18(16)21-10(2)19/h3-6,9,11-12,20H,7-8H2,1-2H3. The molecule has 0 aromatic heterocycles. The van der Waals surface area contributed by atoms with E-state index in [1.54, 1.807) is 0 Å². The van der Waals surface area contributed by atoms with Crippen LogP contribution in [0, 0.1) is 5.92 Å². The van der Waals surface area contributed by atoms with Gasteiger partial charge in [0.15, 0.2) is 0 Å². The van der Waals surface area contributed by atoms with Gasteiger partial charge in [-0.05, 0) is 30.6 Å². The van der Waals surface area contributed by atoms with E-state index in [1.165, 1.54) is 6.92 Å². The zero-order chi connectivity index (χ0) is 14.7. The van der Waals surface area contributed by atoms with Gasteiger partial charge in [-0.25, -0.2) is 0 Å². The summed E-state index contributed by atoms with van der Waals surface area (Å²) in [5.41, 5.74) is 2.10. The highest BCUT2D eigenvalue weighted by molar-refractivity contribution is 5.98. The number of benzene rings is 2. The summed E-state index contributed by atoms with van der Waals surface area (Å²) in [6.07, 6.45) is 2.23. The van der Waals surface area contributed by atoms with Gasteiger partial charge in [-0.3, -0.25) is 4.79 Å². The van der Waals surface area contributed by atoms with Crippen molar-refractivity contribution in [3.63, 3.8) is 0 Å². The Morgan fingerprint density at radius 2 is 1.76 bits per heavy atom. The molecule has 1 N–H and O–H groups in total. The predicted octanol–water partition coefficient (Wildman–Crippen LogP) is 4.08. The molecule has 4 rings (SSSR count). The summed E-state index contributed by atoms with van der Waals surface area (Å²) in [6.45, 7) is 3.68. The van der Waals surface area contributed by atoms with Crippen LogP contribution in [0.5, 0.6) is 11.5 Å². The van der Waals surface area contributed by atoms with Crippen LogP contribution in [-0.2, 0) is 4.79 Å². The van der Waals surface area contributed by atoms with E-state index in [0.29, 0.717) is 29.3 Å². The second-order valence-electron chi connectivity index (χ2n) is 6.29. The molecule has 1 fully saturated rings. The van der Waals surface area contributed by atoms with Crippen molar-refractivity contribution in [1.29, 1.82) is 0 Å². The molecule has 2 aliphatic rings. The van der Waals surface area contributed by atoms with Crippen LogP contribution >= 0.6 is 0 Å². The SMILES string of the molecule is CC(=O)Oc1c2c(c(O)c3ccccc13)C1CCC2C1C. The molecule has 1 saturated carbocycles. The lowest BCUT2D eigenvalue weighted by Gasteiger charge is -2.22. The maximum Gasteiger partial charge on any atom is 0.308 e. The quantitative estimate of drug-likeness (QED) is 0.633. The topological polar surface area (TPSA) is 46.5 Å². The van der Waals surface area contributed by atoms with Gasteiger partial charge in [-0.2, -0.15) is 0 Å². The van der Waals surface area contributed by atoms with E-state index in [0.717, 1.165) is 34.7 Å². The first kappa shape index (κ1) is 12.7. The van der Waals surface area contributed by atoms with Crippen molar-refractivity contribution in [3.05, 3.63) is 35.4 Å². The molecule has 3 heteroatoms. The third kappa shape index (κ3) is 1.57. The summed E-state index contributed by atoms with van der Waals surface area (Å²) in [7, 11) is 0. The summed E-state index contributed by atoms with van der Waals surface area (Å²) in [5, 5.41) is 12.3. The molecule has 2 aliphatic carbocycles. The molecule has 2 aromatic rings. The van der Waals surface area contributed by atoms with Crippen molar-refractivity contribution in [2.24, 2.45) is 5.92 Å². The fraction of sp³-hybridized carbons (Fsp3) is 0.389. The van der Waals surface area contributed by atoms with Gasteiger partial charge in [-0.15, -0.1) is 0 Å². The molecule has 3 unspecified atom stereocenters. The Balaban J connectivity index is 2.10. The van der Waals surface area contributed by atoms with Crippen molar-refractivity contribution in [2.75, 3.05) is 0 Å². The summed E-state index contributed by atoms with van der Waals surface area (Å²) < 4.78 is 5.58. The summed E-state index contributed by atoms with van der Waals surface area (Å²) in [6, 6.07) is 7.64. The number of phenolic OH excluding ortho intramolecular Hbond substituents is 1. The Morgan fingerprint density at radius 1 is 1.14 bits per heavy atom. The highest BCUT2D eigenvalue weighted by Gasteiger charge is 2.47. The van der Waals surface area contributed by atoms with Crippen molar-refractivity contribution in [2.45, 2.75) is 38.5 Å². The van der Waals surface area contributed by atoms with Gasteiger partial charge in [0.2, 0.25) is 0 Å². The van der Waals surface area contributed by atoms with E-state index in [2.05, 4.69) is 6.92 Å². The molecule has 0 heterocycles. The van der Waals surface area contributed by atoms with E-state index in [9.17, 15) is 9.90 Å². The normalized spacial score (nSPS) is 26.1. The van der Waals surface area contributed by atoms with E-state index < -0.39 is 0 Å². The molecule has 0 amide bonds. The van der Waals surface area contributed by atoms with Crippen LogP contribution in [0.15, 0.2) is 24.3 Å². The highest BCUT2D eigenvalue weighted by Crippen LogP contribution is 2.63. The lowest BCUT2D eigenvalue weighted by Crippen LogP contribution is -2.08. The molecular weight excluding hydrogens is 264 g/mol. The molecular formula is C18H18O3. The molecule has 0 spiro atoms. The van der Waals surface area contributed by atoms with Crippen molar-refractivity contribution in [1.82, 2.24) is 0 Å². The van der Waals surface area contributed by atoms with Crippen LogP contribution in [0.25, 0.3) is 10.8 Å². The monoisotopic (exact) mass is 282 g/mol. The number of fused-ring (bicyclic) bond motifs is 6. The number of hydrogen-bond acceptors (Lipinski definition) is 3. The predicted molar refractivity (Wildman–Crippen MR) is 80.8 cm³/mol. The van der Waals surface area contributed by atoms with Gasteiger partial charge in [0.05, 0.1) is 0 Å². The number of rotatable bonds is 1. The van der Waals surface area contributed by atoms with Gasteiger partial charge >= 0.3 is 5.97 Å². The molecule has 0 aliphatic heterocycles. The molecule has 0 radical (unpaired) electrons. The second kappa shape index (κ2) is 4.23. The molecule has 0 saturated heterocycles. The lowest BCUT2D eigenvalue weighted by atomic mass is 9.87. The molecule has 108 valence electrons. The molecule has 21 heavy (non-hydrogen) atoms. The minimum absolute atomic E-state index is 0.302. The maximum atomic E-state index is 11.5. The number of phenols is 1. The first-order valence-electron chi connectivity index (χ1n) is 7.55. The van der Waals surface area contributed by atoms with Crippen LogP contribution in [0.3, 0.4) is 0 Å². The largest absolute Gasteiger partial charge is 0.507 e. The van der Waals surface area contributed by atoms with Crippen LogP contribution in [0.2, 0.25) is 0 Å². The Morgan fingerprint density at radius 3 is 2.43 bits per heavy atom. The smallest absolute Gasteiger partial charge is 0.308 e. The molecule has 3 nitrogen and oxygen atoms in total. The minimum atomic E-state index is -0.302. The second-order valence-corrected chi connectivity index (χ2v) is 6.29. The minimum Gasteiger partial charge on any atom is -0.507 e. The maximum absolute atomic E-state index is 11.5. The molecule has 2 aromatic carbocycles. The Bertz CT molecular complexity index is 763. The molecule has 2 bridgehead atoms. The number of ether oxygens (including phenoxy) is 1. The number of esters is 1. The number of aromatic hydroxyl groups is 1. The van der Waals surface area contributed by atoms with Crippen molar-refractivity contribution in [3.8, 4) is 11.5 Å². The van der Waals surface area contributed by atoms with Gasteiger partial charge < -0.3 is 9.84 Å². The van der Waals surface area contributed by atoms with Crippen LogP contribution in [0.4, 0.5) is 0 Å². The Kier molecular flexibility index (Phi) is 2.56. The Labute approximate surface area is 123 Å². The molecule has 3 atom stereocenters. The first-order chi connectivity index (χ1) is 10.1. The van der Waals surface area contributed by atoms with Gasteiger partial charge in [-0.1, -0.05) is 31.2 Å².